The van der Waals surface area contributed by atoms with Crippen LogP contribution in [0.5, 0.6) is 0 Å². The van der Waals surface area contributed by atoms with Gasteiger partial charge in [0.1, 0.15) is 5.82 Å². The number of hydrogen-bond acceptors (Lipinski definition) is 3. The molecule has 0 amide bonds. The number of benzene rings is 2. The summed E-state index contributed by atoms with van der Waals surface area (Å²) in [6.07, 6.45) is 6.98. The van der Waals surface area contributed by atoms with Gasteiger partial charge in [0.25, 0.3) is 0 Å². The Balaban J connectivity index is 1.36. The molecular weight excluding hydrogens is 389 g/mol. The number of nitrogens with zero attached hydrogens (tertiary/aromatic N) is 1. The molecule has 0 atom stereocenters. The van der Waals surface area contributed by atoms with Gasteiger partial charge < -0.3 is 4.90 Å². The van der Waals surface area contributed by atoms with Crippen LogP contribution in [0.3, 0.4) is 0 Å². The summed E-state index contributed by atoms with van der Waals surface area (Å²) in [4.78, 5) is 26.7. The fraction of sp³-hybridized carbons (Fsp3) is 0.333. The smallest absolute Gasteiger partial charge is 0.185 e. The summed E-state index contributed by atoms with van der Waals surface area (Å²) < 4.78 is 12.9. The van der Waals surface area contributed by atoms with Crippen molar-refractivity contribution in [2.45, 2.75) is 25.7 Å². The van der Waals surface area contributed by atoms with Crippen molar-refractivity contribution < 1.29 is 14.0 Å². The largest absolute Gasteiger partial charge is 0.303 e. The molecule has 0 radical (unpaired) electrons. The molecule has 1 aliphatic heterocycles. The minimum atomic E-state index is -0.326. The molecule has 0 unspecified atom stereocenters. The quantitative estimate of drug-likeness (QED) is 0.418. The van der Waals surface area contributed by atoms with Gasteiger partial charge >= 0.3 is 0 Å². The Morgan fingerprint density at radius 3 is 2.28 bits per heavy atom. The number of halogens is 2. The third-order valence-corrected chi connectivity index (χ3v) is 5.58. The Morgan fingerprint density at radius 1 is 1.00 bits per heavy atom. The molecule has 0 aromatic heterocycles. The summed E-state index contributed by atoms with van der Waals surface area (Å²) in [7, 11) is 0. The molecule has 2 aromatic carbocycles. The first-order valence-corrected chi connectivity index (χ1v) is 10.4. The van der Waals surface area contributed by atoms with Crippen LogP contribution in [-0.2, 0) is 0 Å². The van der Waals surface area contributed by atoms with Crippen molar-refractivity contribution in [2.75, 3.05) is 19.6 Å². The van der Waals surface area contributed by atoms with E-state index < -0.39 is 0 Å². The molecule has 0 N–H and O–H groups in total. The lowest BCUT2D eigenvalue weighted by atomic mass is 9.95. The molecule has 2 aromatic rings. The van der Waals surface area contributed by atoms with Crippen molar-refractivity contribution in [2.24, 2.45) is 5.92 Å². The van der Waals surface area contributed by atoms with E-state index in [0.29, 0.717) is 28.5 Å². The molecule has 1 saturated heterocycles. The molecule has 29 heavy (non-hydrogen) atoms. The van der Waals surface area contributed by atoms with E-state index in [9.17, 15) is 14.0 Å². The van der Waals surface area contributed by atoms with E-state index in [-0.39, 0.29) is 17.4 Å². The van der Waals surface area contributed by atoms with E-state index in [4.69, 9.17) is 11.6 Å². The maximum atomic E-state index is 12.9. The number of carbonyl (C=O) groups is 2. The van der Waals surface area contributed by atoms with E-state index in [1.807, 2.05) is 6.08 Å². The highest BCUT2D eigenvalue weighted by molar-refractivity contribution is 6.30. The lowest BCUT2D eigenvalue weighted by Crippen LogP contribution is -2.34. The first-order chi connectivity index (χ1) is 14.0. The molecule has 3 nitrogen and oxygen atoms in total. The van der Waals surface area contributed by atoms with Crippen molar-refractivity contribution in [3.63, 3.8) is 0 Å². The van der Waals surface area contributed by atoms with Gasteiger partial charge in [-0.25, -0.2) is 4.39 Å². The van der Waals surface area contributed by atoms with Gasteiger partial charge in [-0.05, 0) is 99.4 Å². The zero-order chi connectivity index (χ0) is 20.6. The summed E-state index contributed by atoms with van der Waals surface area (Å²) >= 11 is 5.85. The summed E-state index contributed by atoms with van der Waals surface area (Å²) in [6, 6.07) is 12.7. The Kier molecular flexibility index (Phi) is 7.73. The minimum absolute atomic E-state index is 0.00315. The maximum absolute atomic E-state index is 12.9. The van der Waals surface area contributed by atoms with Crippen LogP contribution in [-0.4, -0.2) is 36.1 Å². The number of Topliss-reactive ketones (excluding diaryl/α,β-unsaturated/α-hetero) is 1. The highest BCUT2D eigenvalue weighted by Crippen LogP contribution is 2.20. The van der Waals surface area contributed by atoms with Gasteiger partial charge in [0.2, 0.25) is 0 Å². The van der Waals surface area contributed by atoms with E-state index >= 15 is 0 Å². The SMILES string of the molecule is O=C(C=CC1CCN(CCCC(=O)c2ccc(F)cc2)CC1)c1ccc(Cl)cc1. The van der Waals surface area contributed by atoms with Crippen LogP contribution in [0, 0.1) is 11.7 Å². The molecule has 152 valence electrons. The van der Waals surface area contributed by atoms with Gasteiger partial charge in [-0.1, -0.05) is 17.7 Å². The highest BCUT2D eigenvalue weighted by Gasteiger charge is 2.17. The van der Waals surface area contributed by atoms with Crippen molar-refractivity contribution in [3.05, 3.63) is 82.6 Å². The van der Waals surface area contributed by atoms with E-state index in [2.05, 4.69) is 4.90 Å². The third kappa shape index (κ3) is 6.62. The van der Waals surface area contributed by atoms with Gasteiger partial charge in [0.05, 0.1) is 0 Å². The zero-order valence-corrected chi connectivity index (χ0v) is 17.1. The molecule has 0 aliphatic carbocycles. The molecule has 0 spiro atoms. The number of piperidine rings is 1. The Bertz CT molecular complexity index is 853. The molecule has 0 saturated carbocycles. The Labute approximate surface area is 176 Å². The monoisotopic (exact) mass is 413 g/mol. The summed E-state index contributed by atoms with van der Waals surface area (Å²) in [5.41, 5.74) is 1.22. The van der Waals surface area contributed by atoms with Crippen LogP contribution in [0.25, 0.3) is 0 Å². The second kappa shape index (κ2) is 10.5. The van der Waals surface area contributed by atoms with E-state index in [1.54, 1.807) is 42.5 Å². The molecular formula is C24H25ClFNO2. The first kappa shape index (κ1) is 21.4. The topological polar surface area (TPSA) is 37.4 Å². The van der Waals surface area contributed by atoms with Gasteiger partial charge in [-0.15, -0.1) is 0 Å². The second-order valence-corrected chi connectivity index (χ2v) is 7.88. The normalized spacial score (nSPS) is 15.7. The number of ketones is 2. The van der Waals surface area contributed by atoms with Crippen molar-refractivity contribution >= 4 is 23.2 Å². The molecule has 1 heterocycles. The van der Waals surface area contributed by atoms with Gasteiger partial charge in [-0.3, -0.25) is 9.59 Å². The third-order valence-electron chi connectivity index (χ3n) is 5.33. The predicted molar refractivity (Wildman–Crippen MR) is 114 cm³/mol. The number of hydrogen-bond donors (Lipinski definition) is 0. The average molecular weight is 414 g/mol. The van der Waals surface area contributed by atoms with Crippen LogP contribution in [0.4, 0.5) is 4.39 Å². The van der Waals surface area contributed by atoms with Crippen molar-refractivity contribution in [3.8, 4) is 0 Å². The second-order valence-electron chi connectivity index (χ2n) is 7.44. The summed E-state index contributed by atoms with van der Waals surface area (Å²) in [5, 5.41) is 0.622. The van der Waals surface area contributed by atoms with Gasteiger partial charge in [-0.2, -0.15) is 0 Å². The predicted octanol–water partition coefficient (Wildman–Crippen LogP) is 5.59. The standard InChI is InChI=1S/C24H25ClFNO2/c25-21-8-4-19(5-9-21)24(29)12-3-18-13-16-27(17-14-18)15-1-2-23(28)20-6-10-22(26)11-7-20/h3-12,18H,1-2,13-17H2. The lowest BCUT2D eigenvalue weighted by molar-refractivity contribution is 0.0971. The molecule has 0 bridgehead atoms. The summed E-state index contributed by atoms with van der Waals surface area (Å²) in [6.45, 7) is 2.82. The van der Waals surface area contributed by atoms with Crippen molar-refractivity contribution in [1.82, 2.24) is 4.90 Å². The molecule has 1 aliphatic rings. The molecule has 3 rings (SSSR count). The average Bonchev–Trinajstić information content (AvgIpc) is 2.74. The number of rotatable bonds is 8. The number of likely N-dealkylation sites (tertiary alicyclic amines) is 1. The minimum Gasteiger partial charge on any atom is -0.303 e. The first-order valence-electron chi connectivity index (χ1n) is 10.0. The molecule has 1 fully saturated rings. The lowest BCUT2D eigenvalue weighted by Gasteiger charge is -2.30. The van der Waals surface area contributed by atoms with Crippen LogP contribution < -0.4 is 0 Å². The van der Waals surface area contributed by atoms with Gasteiger partial charge in [0.15, 0.2) is 11.6 Å². The van der Waals surface area contributed by atoms with Crippen molar-refractivity contribution in [1.29, 1.82) is 0 Å². The van der Waals surface area contributed by atoms with Crippen LogP contribution in [0.15, 0.2) is 60.7 Å². The number of allylic oxidation sites excluding steroid dienone is 2. The summed E-state index contributed by atoms with van der Waals surface area (Å²) in [5.74, 6) is 0.142. The fourth-order valence-electron chi connectivity index (χ4n) is 3.55. The van der Waals surface area contributed by atoms with E-state index in [1.165, 1.54) is 12.1 Å². The van der Waals surface area contributed by atoms with Crippen LogP contribution in [0.1, 0.15) is 46.4 Å². The highest BCUT2D eigenvalue weighted by atomic mass is 35.5. The van der Waals surface area contributed by atoms with Gasteiger partial charge in [0, 0.05) is 22.6 Å². The molecule has 5 heteroatoms. The van der Waals surface area contributed by atoms with E-state index in [0.717, 1.165) is 38.9 Å². The maximum Gasteiger partial charge on any atom is 0.185 e. The Morgan fingerprint density at radius 2 is 1.62 bits per heavy atom. The zero-order valence-electron chi connectivity index (χ0n) is 16.3. The van der Waals surface area contributed by atoms with Crippen LogP contribution in [0.2, 0.25) is 5.02 Å². The Hall–Kier alpha value is -2.30. The van der Waals surface area contributed by atoms with Crippen LogP contribution >= 0.6 is 11.6 Å². The number of carbonyl (C=O) groups excluding carboxylic acids is 2. The fourth-order valence-corrected chi connectivity index (χ4v) is 3.67.